The Morgan fingerprint density at radius 2 is 1.67 bits per heavy atom. The molecule has 2 aliphatic rings. The number of nitrogens with one attached hydrogen (secondary N) is 1. The van der Waals surface area contributed by atoms with Crippen LogP contribution in [0.15, 0.2) is 72.8 Å². The SMILES string of the molecule is O=C(CN1CCN2C(=O)c3cc(-c4cccc(C(F)(F)F)c4)ccc3NC(=O)C2C1)c1ccccc1. The molecule has 9 heteroatoms. The minimum Gasteiger partial charge on any atom is -0.324 e. The third-order valence-electron chi connectivity index (χ3n) is 6.52. The zero-order chi connectivity index (χ0) is 25.4. The van der Waals surface area contributed by atoms with Gasteiger partial charge in [-0.15, -0.1) is 0 Å². The van der Waals surface area contributed by atoms with Gasteiger partial charge in [-0.2, -0.15) is 13.2 Å². The summed E-state index contributed by atoms with van der Waals surface area (Å²) in [7, 11) is 0. The van der Waals surface area contributed by atoms with Gasteiger partial charge in [0.05, 0.1) is 23.4 Å². The molecule has 36 heavy (non-hydrogen) atoms. The minimum absolute atomic E-state index is 0.0709. The van der Waals surface area contributed by atoms with E-state index < -0.39 is 17.8 Å². The first-order valence-corrected chi connectivity index (χ1v) is 11.4. The monoisotopic (exact) mass is 493 g/mol. The van der Waals surface area contributed by atoms with Gasteiger partial charge in [0.1, 0.15) is 6.04 Å². The molecule has 5 rings (SSSR count). The number of alkyl halides is 3. The van der Waals surface area contributed by atoms with E-state index in [4.69, 9.17) is 0 Å². The van der Waals surface area contributed by atoms with Gasteiger partial charge in [-0.05, 0) is 35.4 Å². The molecule has 0 aromatic heterocycles. The summed E-state index contributed by atoms with van der Waals surface area (Å²) < 4.78 is 39.5. The van der Waals surface area contributed by atoms with Gasteiger partial charge in [0, 0.05) is 25.2 Å². The van der Waals surface area contributed by atoms with E-state index in [-0.39, 0.29) is 42.8 Å². The van der Waals surface area contributed by atoms with E-state index in [9.17, 15) is 27.6 Å². The Balaban J connectivity index is 1.38. The van der Waals surface area contributed by atoms with Crippen LogP contribution in [0.4, 0.5) is 18.9 Å². The van der Waals surface area contributed by atoms with Crippen molar-refractivity contribution in [3.8, 4) is 11.1 Å². The summed E-state index contributed by atoms with van der Waals surface area (Å²) in [4.78, 5) is 42.4. The standard InChI is InChI=1S/C27H22F3N3O3/c28-27(29,30)20-8-4-7-18(13-20)19-9-10-22-21(14-19)26(36)33-12-11-32(15-23(33)25(35)31-22)16-24(34)17-5-2-1-3-6-17/h1-10,13-14,23H,11-12,15-16H2,(H,31,35). The summed E-state index contributed by atoms with van der Waals surface area (Å²) in [6.07, 6.45) is -4.49. The molecule has 0 radical (unpaired) electrons. The summed E-state index contributed by atoms with van der Waals surface area (Å²) in [6.45, 7) is 0.982. The number of fused-ring (bicyclic) bond motifs is 2. The molecule has 0 aliphatic carbocycles. The Hall–Kier alpha value is -3.98. The van der Waals surface area contributed by atoms with Crippen LogP contribution in [-0.2, 0) is 11.0 Å². The van der Waals surface area contributed by atoms with Gasteiger partial charge >= 0.3 is 6.18 Å². The van der Waals surface area contributed by atoms with Crippen LogP contribution in [0.1, 0.15) is 26.3 Å². The second kappa shape index (κ2) is 9.23. The molecule has 1 atom stereocenters. The second-order valence-electron chi connectivity index (χ2n) is 8.87. The molecule has 1 fully saturated rings. The molecular formula is C27H22F3N3O3. The number of anilines is 1. The number of carbonyl (C=O) groups excluding carboxylic acids is 3. The van der Waals surface area contributed by atoms with Crippen molar-refractivity contribution in [2.24, 2.45) is 0 Å². The average molecular weight is 493 g/mol. The summed E-state index contributed by atoms with van der Waals surface area (Å²) in [5.41, 5.74) is 1.08. The molecule has 3 aromatic rings. The highest BCUT2D eigenvalue weighted by Crippen LogP contribution is 2.34. The van der Waals surface area contributed by atoms with E-state index in [1.54, 1.807) is 36.4 Å². The van der Waals surface area contributed by atoms with Crippen LogP contribution < -0.4 is 5.32 Å². The van der Waals surface area contributed by atoms with Crippen molar-refractivity contribution < 1.29 is 27.6 Å². The molecule has 6 nitrogen and oxygen atoms in total. The van der Waals surface area contributed by atoms with E-state index in [1.165, 1.54) is 23.1 Å². The highest BCUT2D eigenvalue weighted by molar-refractivity contribution is 6.10. The molecule has 3 aromatic carbocycles. The number of benzene rings is 3. The molecule has 2 heterocycles. The highest BCUT2D eigenvalue weighted by Gasteiger charge is 2.39. The van der Waals surface area contributed by atoms with Gasteiger partial charge in [0.25, 0.3) is 5.91 Å². The van der Waals surface area contributed by atoms with Gasteiger partial charge < -0.3 is 10.2 Å². The maximum absolute atomic E-state index is 13.4. The van der Waals surface area contributed by atoms with Crippen LogP contribution in [0.5, 0.6) is 0 Å². The summed E-state index contributed by atoms with van der Waals surface area (Å²) in [5, 5.41) is 2.78. The molecule has 0 saturated carbocycles. The van der Waals surface area contributed by atoms with Crippen molar-refractivity contribution in [3.05, 3.63) is 89.5 Å². The summed E-state index contributed by atoms with van der Waals surface area (Å²) in [5.74, 6) is -0.819. The number of carbonyl (C=O) groups is 3. The Morgan fingerprint density at radius 3 is 2.42 bits per heavy atom. The Bertz CT molecular complexity index is 1340. The normalized spacial score (nSPS) is 18.2. The number of amides is 2. The maximum Gasteiger partial charge on any atom is 0.416 e. The topological polar surface area (TPSA) is 69.7 Å². The van der Waals surface area contributed by atoms with Crippen LogP contribution >= 0.6 is 0 Å². The Labute approximate surface area is 205 Å². The van der Waals surface area contributed by atoms with E-state index in [1.807, 2.05) is 11.0 Å². The van der Waals surface area contributed by atoms with Crippen molar-refractivity contribution in [2.45, 2.75) is 12.2 Å². The summed E-state index contributed by atoms with van der Waals surface area (Å²) in [6, 6.07) is 17.6. The fourth-order valence-corrected chi connectivity index (χ4v) is 4.62. The third-order valence-corrected chi connectivity index (χ3v) is 6.52. The van der Waals surface area contributed by atoms with E-state index in [2.05, 4.69) is 5.32 Å². The zero-order valence-electron chi connectivity index (χ0n) is 19.1. The number of ketones is 1. The van der Waals surface area contributed by atoms with Gasteiger partial charge in [-0.3, -0.25) is 19.3 Å². The van der Waals surface area contributed by atoms with Crippen LogP contribution in [0.2, 0.25) is 0 Å². The predicted octanol–water partition coefficient (Wildman–Crippen LogP) is 4.33. The average Bonchev–Trinajstić information content (AvgIpc) is 2.98. The number of nitrogens with zero attached hydrogens (tertiary/aromatic N) is 2. The molecule has 2 amide bonds. The van der Waals surface area contributed by atoms with Gasteiger partial charge in [0.15, 0.2) is 5.78 Å². The second-order valence-corrected chi connectivity index (χ2v) is 8.87. The lowest BCUT2D eigenvalue weighted by Crippen LogP contribution is -2.59. The number of hydrogen-bond acceptors (Lipinski definition) is 4. The summed E-state index contributed by atoms with van der Waals surface area (Å²) >= 11 is 0. The van der Waals surface area contributed by atoms with E-state index in [0.29, 0.717) is 28.9 Å². The van der Waals surface area contributed by atoms with Crippen molar-refractivity contribution in [3.63, 3.8) is 0 Å². The number of piperazine rings is 1. The Morgan fingerprint density at radius 1 is 0.917 bits per heavy atom. The quantitative estimate of drug-likeness (QED) is 0.550. The smallest absolute Gasteiger partial charge is 0.324 e. The molecule has 0 bridgehead atoms. The van der Waals surface area contributed by atoms with Gasteiger partial charge in [-0.25, -0.2) is 0 Å². The Kier molecular flexibility index (Phi) is 6.09. The molecular weight excluding hydrogens is 471 g/mol. The maximum atomic E-state index is 13.4. The lowest BCUT2D eigenvalue weighted by Gasteiger charge is -2.39. The molecule has 0 spiro atoms. The lowest BCUT2D eigenvalue weighted by molar-refractivity contribution is -0.137. The fourth-order valence-electron chi connectivity index (χ4n) is 4.62. The van der Waals surface area contributed by atoms with Crippen molar-refractivity contribution in [1.82, 2.24) is 9.80 Å². The van der Waals surface area contributed by atoms with Crippen molar-refractivity contribution in [1.29, 1.82) is 0 Å². The van der Waals surface area contributed by atoms with Crippen LogP contribution in [0.3, 0.4) is 0 Å². The zero-order valence-corrected chi connectivity index (χ0v) is 19.1. The molecule has 1 unspecified atom stereocenters. The number of rotatable bonds is 4. The number of halogens is 3. The molecule has 1 saturated heterocycles. The van der Waals surface area contributed by atoms with E-state index in [0.717, 1.165) is 12.1 Å². The first-order valence-electron chi connectivity index (χ1n) is 11.4. The minimum atomic E-state index is -4.49. The van der Waals surface area contributed by atoms with Crippen LogP contribution in [-0.4, -0.2) is 59.6 Å². The van der Waals surface area contributed by atoms with Crippen molar-refractivity contribution in [2.75, 3.05) is 31.5 Å². The molecule has 2 aliphatic heterocycles. The van der Waals surface area contributed by atoms with Crippen LogP contribution in [0.25, 0.3) is 11.1 Å². The van der Waals surface area contributed by atoms with Crippen LogP contribution in [0, 0.1) is 0 Å². The fraction of sp³-hybridized carbons (Fsp3) is 0.222. The lowest BCUT2D eigenvalue weighted by atomic mass is 9.99. The third kappa shape index (κ3) is 4.61. The predicted molar refractivity (Wildman–Crippen MR) is 128 cm³/mol. The number of Topliss-reactive ketones (excluding diaryl/α,β-unsaturated/α-hetero) is 1. The van der Waals surface area contributed by atoms with Crippen molar-refractivity contribution >= 4 is 23.3 Å². The van der Waals surface area contributed by atoms with Gasteiger partial charge in [-0.1, -0.05) is 48.5 Å². The molecule has 1 N–H and O–H groups in total. The highest BCUT2D eigenvalue weighted by atomic mass is 19.4. The first kappa shape index (κ1) is 23.7. The number of hydrogen-bond donors (Lipinski definition) is 1. The molecule has 184 valence electrons. The largest absolute Gasteiger partial charge is 0.416 e. The van der Waals surface area contributed by atoms with Gasteiger partial charge in [0.2, 0.25) is 5.91 Å². The first-order chi connectivity index (χ1) is 17.2. The van der Waals surface area contributed by atoms with E-state index >= 15 is 0 Å².